The van der Waals surface area contributed by atoms with Crippen molar-refractivity contribution < 1.29 is 0 Å². The van der Waals surface area contributed by atoms with E-state index in [1.54, 1.807) is 0 Å². The molecule has 0 aliphatic heterocycles. The van der Waals surface area contributed by atoms with Crippen molar-refractivity contribution in [3.05, 3.63) is 42.1 Å². The molecule has 1 aromatic heterocycles. The van der Waals surface area contributed by atoms with E-state index in [1.807, 2.05) is 31.1 Å². The predicted molar refractivity (Wildman–Crippen MR) is 81.1 cm³/mol. The highest BCUT2D eigenvalue weighted by Gasteiger charge is 2.13. The second kappa shape index (κ2) is 6.21. The molecule has 1 N–H and O–H groups in total. The fraction of sp³-hybridized carbons (Fsp3) is 0.400. The highest BCUT2D eigenvalue weighted by molar-refractivity contribution is 7.99. The molecule has 1 atom stereocenters. The molecule has 96 valence electrons. The van der Waals surface area contributed by atoms with Gasteiger partial charge in [0.25, 0.3) is 0 Å². The zero-order valence-electron chi connectivity index (χ0n) is 11.2. The van der Waals surface area contributed by atoms with Crippen LogP contribution < -0.4 is 5.32 Å². The fourth-order valence-electron chi connectivity index (χ4n) is 2.03. The van der Waals surface area contributed by atoms with Crippen LogP contribution >= 0.6 is 11.8 Å². The summed E-state index contributed by atoms with van der Waals surface area (Å²) in [6.07, 6.45) is 1.87. The Morgan fingerprint density at radius 3 is 2.72 bits per heavy atom. The van der Waals surface area contributed by atoms with Gasteiger partial charge >= 0.3 is 0 Å². The average molecular weight is 260 g/mol. The number of nitrogens with one attached hydrogen (secondary N) is 1. The van der Waals surface area contributed by atoms with E-state index in [0.717, 1.165) is 11.3 Å². The van der Waals surface area contributed by atoms with Crippen LogP contribution in [0.5, 0.6) is 0 Å². The standard InChI is InChI=1S/C15H20N2S/c1-11(2)18-10-14(16-3)13-8-4-6-12-7-5-9-17-15(12)13/h4-9,11,14,16H,10H2,1-3H3. The van der Waals surface area contributed by atoms with Gasteiger partial charge in [0.2, 0.25) is 0 Å². The highest BCUT2D eigenvalue weighted by Crippen LogP contribution is 2.26. The van der Waals surface area contributed by atoms with Crippen LogP contribution in [0.1, 0.15) is 25.5 Å². The van der Waals surface area contributed by atoms with E-state index in [0.29, 0.717) is 11.3 Å². The van der Waals surface area contributed by atoms with E-state index in [4.69, 9.17) is 0 Å². The van der Waals surface area contributed by atoms with Crippen LogP contribution in [0.2, 0.25) is 0 Å². The predicted octanol–water partition coefficient (Wildman–Crippen LogP) is 3.64. The molecule has 1 unspecified atom stereocenters. The zero-order chi connectivity index (χ0) is 13.0. The third kappa shape index (κ3) is 3.03. The molecule has 2 nitrogen and oxygen atoms in total. The van der Waals surface area contributed by atoms with Crippen LogP contribution in [0, 0.1) is 0 Å². The van der Waals surface area contributed by atoms with Gasteiger partial charge in [-0.3, -0.25) is 4.98 Å². The molecule has 1 aromatic carbocycles. The lowest BCUT2D eigenvalue weighted by molar-refractivity contribution is 0.664. The molecule has 0 aliphatic carbocycles. The summed E-state index contributed by atoms with van der Waals surface area (Å²) in [6.45, 7) is 4.47. The van der Waals surface area contributed by atoms with Crippen LogP contribution in [0.4, 0.5) is 0 Å². The number of thioether (sulfide) groups is 1. The van der Waals surface area contributed by atoms with Gasteiger partial charge < -0.3 is 5.32 Å². The lowest BCUT2D eigenvalue weighted by Gasteiger charge is -2.18. The SMILES string of the molecule is CNC(CSC(C)C)c1cccc2cccnc12. The first-order chi connectivity index (χ1) is 8.72. The molecule has 0 aliphatic rings. The van der Waals surface area contributed by atoms with Gasteiger partial charge in [0.15, 0.2) is 0 Å². The van der Waals surface area contributed by atoms with Crippen molar-refractivity contribution in [1.82, 2.24) is 10.3 Å². The van der Waals surface area contributed by atoms with Gasteiger partial charge in [0.1, 0.15) is 0 Å². The first-order valence-electron chi connectivity index (χ1n) is 6.35. The maximum atomic E-state index is 4.53. The minimum Gasteiger partial charge on any atom is -0.312 e. The third-order valence-corrected chi connectivity index (χ3v) is 4.18. The Hall–Kier alpha value is -1.06. The van der Waals surface area contributed by atoms with Crippen molar-refractivity contribution in [2.24, 2.45) is 0 Å². The number of hydrogen-bond donors (Lipinski definition) is 1. The molecule has 1 heterocycles. The van der Waals surface area contributed by atoms with Crippen LogP contribution in [-0.2, 0) is 0 Å². The first-order valence-corrected chi connectivity index (χ1v) is 7.39. The lowest BCUT2D eigenvalue weighted by Crippen LogP contribution is -2.20. The summed E-state index contributed by atoms with van der Waals surface area (Å²) in [5.74, 6) is 1.07. The van der Waals surface area contributed by atoms with Crippen molar-refractivity contribution in [3.63, 3.8) is 0 Å². The zero-order valence-corrected chi connectivity index (χ0v) is 12.0. The monoisotopic (exact) mass is 260 g/mol. The van der Waals surface area contributed by atoms with Crippen LogP contribution in [0.15, 0.2) is 36.5 Å². The van der Waals surface area contributed by atoms with E-state index in [2.05, 4.69) is 48.4 Å². The van der Waals surface area contributed by atoms with Crippen LogP contribution in [0.25, 0.3) is 10.9 Å². The van der Waals surface area contributed by atoms with E-state index in [9.17, 15) is 0 Å². The van der Waals surface area contributed by atoms with Crippen LogP contribution in [0.3, 0.4) is 0 Å². The molecule has 0 saturated heterocycles. The number of fused-ring (bicyclic) bond motifs is 1. The molecule has 2 rings (SSSR count). The van der Waals surface area contributed by atoms with Crippen molar-refractivity contribution in [2.45, 2.75) is 25.1 Å². The van der Waals surface area contributed by atoms with Gasteiger partial charge in [0.05, 0.1) is 5.52 Å². The van der Waals surface area contributed by atoms with Gasteiger partial charge in [-0.2, -0.15) is 11.8 Å². The molecule has 0 radical (unpaired) electrons. The Morgan fingerprint density at radius 1 is 1.22 bits per heavy atom. The second-order valence-corrected chi connectivity index (χ2v) is 6.26. The molecular formula is C15H20N2S. The molecule has 0 bridgehead atoms. The quantitative estimate of drug-likeness (QED) is 0.888. The second-order valence-electron chi connectivity index (χ2n) is 4.65. The van der Waals surface area contributed by atoms with Gasteiger partial charge in [-0.25, -0.2) is 0 Å². The summed E-state index contributed by atoms with van der Waals surface area (Å²) in [5, 5.41) is 5.27. The number of pyridine rings is 1. The van der Waals surface area contributed by atoms with E-state index >= 15 is 0 Å². The minimum atomic E-state index is 0.357. The molecule has 3 heteroatoms. The summed E-state index contributed by atoms with van der Waals surface area (Å²) in [7, 11) is 2.02. The highest BCUT2D eigenvalue weighted by atomic mass is 32.2. The molecule has 0 spiro atoms. The summed E-state index contributed by atoms with van der Waals surface area (Å²) < 4.78 is 0. The Kier molecular flexibility index (Phi) is 4.61. The number of rotatable bonds is 5. The number of aromatic nitrogens is 1. The van der Waals surface area contributed by atoms with Crippen molar-refractivity contribution >= 4 is 22.7 Å². The Bertz CT molecular complexity index is 505. The van der Waals surface area contributed by atoms with Crippen molar-refractivity contribution in [3.8, 4) is 0 Å². The van der Waals surface area contributed by atoms with Gasteiger partial charge in [0, 0.05) is 23.4 Å². The summed E-state index contributed by atoms with van der Waals surface area (Å²) in [4.78, 5) is 4.53. The molecule has 0 amide bonds. The maximum absolute atomic E-state index is 4.53. The van der Waals surface area contributed by atoms with E-state index < -0.39 is 0 Å². The number of para-hydroxylation sites is 1. The maximum Gasteiger partial charge on any atom is 0.0750 e. The molecular weight excluding hydrogens is 240 g/mol. The van der Waals surface area contributed by atoms with Crippen molar-refractivity contribution in [2.75, 3.05) is 12.8 Å². The van der Waals surface area contributed by atoms with Gasteiger partial charge in [-0.05, 0) is 23.9 Å². The molecule has 0 saturated carbocycles. The van der Waals surface area contributed by atoms with Crippen LogP contribution in [-0.4, -0.2) is 23.0 Å². The largest absolute Gasteiger partial charge is 0.312 e. The molecule has 0 fully saturated rings. The Morgan fingerprint density at radius 2 is 2.00 bits per heavy atom. The number of nitrogens with zero attached hydrogens (tertiary/aromatic N) is 1. The fourth-order valence-corrected chi connectivity index (χ4v) is 2.95. The lowest BCUT2D eigenvalue weighted by atomic mass is 10.0. The topological polar surface area (TPSA) is 24.9 Å². The van der Waals surface area contributed by atoms with E-state index in [-0.39, 0.29) is 0 Å². The summed E-state index contributed by atoms with van der Waals surface area (Å²) in [6, 6.07) is 10.9. The Balaban J connectivity index is 2.32. The van der Waals surface area contributed by atoms with Crippen molar-refractivity contribution in [1.29, 1.82) is 0 Å². The summed E-state index contributed by atoms with van der Waals surface area (Å²) in [5.41, 5.74) is 2.41. The van der Waals surface area contributed by atoms with Gasteiger partial charge in [-0.15, -0.1) is 0 Å². The normalized spacial score (nSPS) is 13.1. The minimum absolute atomic E-state index is 0.357. The molecule has 18 heavy (non-hydrogen) atoms. The smallest absolute Gasteiger partial charge is 0.0750 e. The summed E-state index contributed by atoms with van der Waals surface area (Å²) >= 11 is 1.98. The number of hydrogen-bond acceptors (Lipinski definition) is 3. The Labute approximate surface area is 113 Å². The number of benzene rings is 1. The van der Waals surface area contributed by atoms with Gasteiger partial charge in [-0.1, -0.05) is 38.1 Å². The molecule has 2 aromatic rings. The first kappa shape index (κ1) is 13.4. The third-order valence-electron chi connectivity index (χ3n) is 2.98. The van der Waals surface area contributed by atoms with E-state index in [1.165, 1.54) is 10.9 Å². The average Bonchev–Trinajstić information content (AvgIpc) is 2.39.